The molecule has 0 amide bonds. The monoisotopic (exact) mass is 363 g/mol. The lowest BCUT2D eigenvalue weighted by Gasteiger charge is -2.15. The van der Waals surface area contributed by atoms with Crippen molar-refractivity contribution in [2.45, 2.75) is 17.9 Å². The minimum absolute atomic E-state index is 0.0458. The molecule has 1 heterocycles. The number of halogens is 1. The molecule has 0 spiro atoms. The molecule has 1 N–H and O–H groups in total. The van der Waals surface area contributed by atoms with Crippen LogP contribution in [0.3, 0.4) is 0 Å². The summed E-state index contributed by atoms with van der Waals surface area (Å²) in [6.45, 7) is 1.64. The molecule has 3 rings (SSSR count). The van der Waals surface area contributed by atoms with Crippen molar-refractivity contribution in [2.24, 2.45) is 14.1 Å². The number of rotatable bonds is 4. The number of benzene rings is 2. The maximum Gasteiger partial charge on any atom is 0.328 e. The summed E-state index contributed by atoms with van der Waals surface area (Å²) in [5.74, 6) is -0.427. The number of hydrogen-bond donors (Lipinski definition) is 1. The molecule has 2 aromatic carbocycles. The quantitative estimate of drug-likeness (QED) is 0.771. The first-order valence-corrected chi connectivity index (χ1v) is 9.12. The fourth-order valence-corrected chi connectivity index (χ4v) is 4.05. The molecule has 8 heteroatoms. The number of fused-ring (bicyclic) bond motifs is 1. The fourth-order valence-electron chi connectivity index (χ4n) is 2.80. The van der Waals surface area contributed by atoms with E-state index in [1.165, 1.54) is 39.5 Å². The summed E-state index contributed by atoms with van der Waals surface area (Å²) >= 11 is 0. The third kappa shape index (κ3) is 3.10. The van der Waals surface area contributed by atoms with Gasteiger partial charge in [0.1, 0.15) is 5.82 Å². The minimum Gasteiger partial charge on any atom is -0.295 e. The van der Waals surface area contributed by atoms with Crippen molar-refractivity contribution in [1.82, 2.24) is 13.9 Å². The molecule has 1 atom stereocenters. The Bertz CT molecular complexity index is 1120. The highest BCUT2D eigenvalue weighted by atomic mass is 32.2. The van der Waals surface area contributed by atoms with Crippen LogP contribution in [0.1, 0.15) is 18.5 Å². The van der Waals surface area contributed by atoms with Crippen molar-refractivity contribution >= 4 is 21.1 Å². The number of hydrogen-bond acceptors (Lipinski definition) is 3. The maximum atomic E-state index is 13.3. The minimum atomic E-state index is -3.83. The summed E-state index contributed by atoms with van der Waals surface area (Å²) in [7, 11) is -0.614. The van der Waals surface area contributed by atoms with Gasteiger partial charge in [-0.25, -0.2) is 22.3 Å². The second-order valence-corrected chi connectivity index (χ2v) is 7.66. The Labute approximate surface area is 144 Å². The molecule has 0 unspecified atom stereocenters. The number of nitrogens with one attached hydrogen (secondary N) is 1. The van der Waals surface area contributed by atoms with Crippen LogP contribution in [0.2, 0.25) is 0 Å². The molecule has 1 aromatic heterocycles. The topological polar surface area (TPSA) is 73.1 Å². The SMILES string of the molecule is C[C@H](NS(=O)(=O)c1ccc2c(c1)n(C)c(=O)n2C)c1cccc(F)c1. The Morgan fingerprint density at radius 1 is 1.04 bits per heavy atom. The maximum absolute atomic E-state index is 13.3. The van der Waals surface area contributed by atoms with Gasteiger partial charge in [0.25, 0.3) is 0 Å². The third-order valence-corrected chi connectivity index (χ3v) is 5.77. The van der Waals surface area contributed by atoms with Gasteiger partial charge in [0.15, 0.2) is 0 Å². The second kappa shape index (κ2) is 6.12. The fraction of sp³-hybridized carbons (Fsp3) is 0.235. The summed E-state index contributed by atoms with van der Waals surface area (Å²) < 4.78 is 44.0. The van der Waals surface area contributed by atoms with Crippen molar-refractivity contribution in [3.05, 3.63) is 64.3 Å². The first-order chi connectivity index (χ1) is 11.7. The van der Waals surface area contributed by atoms with E-state index in [2.05, 4.69) is 4.72 Å². The molecular weight excluding hydrogens is 345 g/mol. The van der Waals surface area contributed by atoms with Crippen LogP contribution in [0.25, 0.3) is 11.0 Å². The van der Waals surface area contributed by atoms with Gasteiger partial charge in [-0.15, -0.1) is 0 Å². The standard InChI is InChI=1S/C17H18FN3O3S/c1-11(12-5-4-6-13(18)9-12)19-25(23,24)14-7-8-15-16(10-14)21(3)17(22)20(15)2/h4-11,19H,1-3H3/t11-/m0/s1. The van der Waals surface area contributed by atoms with Gasteiger partial charge in [-0.2, -0.15) is 0 Å². The summed E-state index contributed by atoms with van der Waals surface area (Å²) in [5, 5.41) is 0. The summed E-state index contributed by atoms with van der Waals surface area (Å²) in [5.41, 5.74) is 1.46. The lowest BCUT2D eigenvalue weighted by atomic mass is 10.1. The Kier molecular flexibility index (Phi) is 4.26. The van der Waals surface area contributed by atoms with Crippen molar-refractivity contribution in [3.8, 4) is 0 Å². The van der Waals surface area contributed by atoms with Crippen molar-refractivity contribution in [3.63, 3.8) is 0 Å². The molecular formula is C17H18FN3O3S. The van der Waals surface area contributed by atoms with E-state index in [9.17, 15) is 17.6 Å². The molecule has 0 aliphatic carbocycles. The highest BCUT2D eigenvalue weighted by molar-refractivity contribution is 7.89. The zero-order chi connectivity index (χ0) is 18.4. The summed E-state index contributed by atoms with van der Waals surface area (Å²) in [6.07, 6.45) is 0. The highest BCUT2D eigenvalue weighted by Gasteiger charge is 2.20. The Morgan fingerprint density at radius 3 is 2.40 bits per heavy atom. The number of aromatic nitrogens is 2. The number of imidazole rings is 1. The van der Waals surface area contributed by atoms with Gasteiger partial charge in [-0.3, -0.25) is 9.13 Å². The van der Waals surface area contributed by atoms with Gasteiger partial charge in [0, 0.05) is 20.1 Å². The normalized spacial score (nSPS) is 13.3. The molecule has 0 fully saturated rings. The average molecular weight is 363 g/mol. The van der Waals surface area contributed by atoms with Gasteiger partial charge >= 0.3 is 5.69 Å². The zero-order valence-electron chi connectivity index (χ0n) is 14.0. The Morgan fingerprint density at radius 2 is 1.72 bits per heavy atom. The van der Waals surface area contributed by atoms with Gasteiger partial charge in [-0.05, 0) is 42.8 Å². The van der Waals surface area contributed by atoms with Crippen LogP contribution in [0.15, 0.2) is 52.2 Å². The van der Waals surface area contributed by atoms with E-state index in [1.54, 1.807) is 33.2 Å². The number of nitrogens with zero attached hydrogens (tertiary/aromatic N) is 2. The first kappa shape index (κ1) is 17.4. The molecule has 6 nitrogen and oxygen atoms in total. The number of sulfonamides is 1. The van der Waals surface area contributed by atoms with E-state index >= 15 is 0 Å². The largest absolute Gasteiger partial charge is 0.328 e. The molecule has 0 bridgehead atoms. The summed E-state index contributed by atoms with van der Waals surface area (Å²) in [4.78, 5) is 12.0. The van der Waals surface area contributed by atoms with E-state index in [-0.39, 0.29) is 10.6 Å². The van der Waals surface area contributed by atoms with Crippen LogP contribution in [0.4, 0.5) is 4.39 Å². The molecule has 0 aliphatic rings. The molecule has 0 saturated carbocycles. The predicted molar refractivity (Wildman–Crippen MR) is 93.3 cm³/mol. The lowest BCUT2D eigenvalue weighted by molar-refractivity contribution is 0.564. The lowest BCUT2D eigenvalue weighted by Crippen LogP contribution is -2.27. The van der Waals surface area contributed by atoms with Crippen LogP contribution >= 0.6 is 0 Å². The average Bonchev–Trinajstić information content (AvgIpc) is 2.79. The van der Waals surface area contributed by atoms with Crippen LogP contribution in [-0.2, 0) is 24.1 Å². The first-order valence-electron chi connectivity index (χ1n) is 7.64. The van der Waals surface area contributed by atoms with E-state index in [1.807, 2.05) is 0 Å². The molecule has 25 heavy (non-hydrogen) atoms. The Balaban J connectivity index is 1.98. The van der Waals surface area contributed by atoms with Crippen LogP contribution < -0.4 is 10.4 Å². The smallest absolute Gasteiger partial charge is 0.295 e. The third-order valence-electron chi connectivity index (χ3n) is 4.23. The van der Waals surface area contributed by atoms with Crippen molar-refractivity contribution in [1.29, 1.82) is 0 Å². The summed E-state index contributed by atoms with van der Waals surface area (Å²) in [6, 6.07) is 9.67. The van der Waals surface area contributed by atoms with Gasteiger partial charge in [-0.1, -0.05) is 12.1 Å². The molecule has 0 radical (unpaired) electrons. The van der Waals surface area contributed by atoms with Crippen molar-refractivity contribution < 1.29 is 12.8 Å². The zero-order valence-corrected chi connectivity index (χ0v) is 14.8. The molecule has 132 valence electrons. The van der Waals surface area contributed by atoms with Gasteiger partial charge in [0.05, 0.1) is 15.9 Å². The van der Waals surface area contributed by atoms with Crippen LogP contribution in [0, 0.1) is 5.82 Å². The van der Waals surface area contributed by atoms with Gasteiger partial charge in [0.2, 0.25) is 10.0 Å². The van der Waals surface area contributed by atoms with E-state index < -0.39 is 21.9 Å². The van der Waals surface area contributed by atoms with Crippen LogP contribution in [-0.4, -0.2) is 17.6 Å². The van der Waals surface area contributed by atoms with Crippen molar-refractivity contribution in [2.75, 3.05) is 0 Å². The van der Waals surface area contributed by atoms with E-state index in [0.717, 1.165) is 0 Å². The molecule has 0 saturated heterocycles. The predicted octanol–water partition coefficient (Wildman–Crippen LogP) is 2.06. The molecule has 0 aliphatic heterocycles. The van der Waals surface area contributed by atoms with Gasteiger partial charge < -0.3 is 0 Å². The van der Waals surface area contributed by atoms with E-state index in [0.29, 0.717) is 16.6 Å². The Hall–Kier alpha value is -2.45. The van der Waals surface area contributed by atoms with Crippen LogP contribution in [0.5, 0.6) is 0 Å². The van der Waals surface area contributed by atoms with E-state index in [4.69, 9.17) is 0 Å². The second-order valence-electron chi connectivity index (χ2n) is 5.95. The number of aryl methyl sites for hydroxylation is 2. The molecule has 3 aromatic rings. The highest BCUT2D eigenvalue weighted by Crippen LogP contribution is 2.21.